The Labute approximate surface area is 162 Å². The molecule has 1 atom stereocenters. The normalized spacial score (nSPS) is 23.5. The minimum atomic E-state index is -0.756. The summed E-state index contributed by atoms with van der Waals surface area (Å²) < 4.78 is 5.34. The monoisotopic (exact) mass is 389 g/mol. The first-order valence-corrected chi connectivity index (χ1v) is 9.55. The number of carboxylic acid groups (broad SMARTS) is 1. The van der Waals surface area contributed by atoms with Gasteiger partial charge in [-0.05, 0) is 30.7 Å². The molecule has 0 bridgehead atoms. The maximum absolute atomic E-state index is 13.2. The number of carbonyl (C=O) groups is 2. The van der Waals surface area contributed by atoms with Crippen LogP contribution in [0.4, 0.5) is 11.4 Å². The number of hydrogen-bond donors (Lipinski definition) is 1. The molecule has 9 heteroatoms. The zero-order chi connectivity index (χ0) is 19.9. The van der Waals surface area contributed by atoms with Gasteiger partial charge in [0, 0.05) is 32.2 Å². The van der Waals surface area contributed by atoms with E-state index in [0.717, 1.165) is 0 Å². The van der Waals surface area contributed by atoms with Gasteiger partial charge in [0.25, 0.3) is 11.6 Å². The van der Waals surface area contributed by atoms with Gasteiger partial charge in [-0.1, -0.05) is 6.07 Å². The summed E-state index contributed by atoms with van der Waals surface area (Å²) in [7, 11) is 0. The number of benzene rings is 1. The molecule has 2 saturated heterocycles. The largest absolute Gasteiger partial charge is 0.481 e. The van der Waals surface area contributed by atoms with Crippen LogP contribution >= 0.6 is 0 Å². The third-order valence-electron chi connectivity index (χ3n) is 6.30. The quantitative estimate of drug-likeness (QED) is 0.616. The topological polar surface area (TPSA) is 113 Å². The van der Waals surface area contributed by atoms with Crippen LogP contribution in [0.2, 0.25) is 0 Å². The third kappa shape index (κ3) is 3.19. The Morgan fingerprint density at radius 3 is 2.43 bits per heavy atom. The van der Waals surface area contributed by atoms with Crippen molar-refractivity contribution in [1.29, 1.82) is 0 Å². The minimum absolute atomic E-state index is 0.0747. The zero-order valence-electron chi connectivity index (χ0n) is 15.5. The number of nitro benzene ring substituents is 1. The summed E-state index contributed by atoms with van der Waals surface area (Å²) in [5.41, 5.74) is 0.445. The number of rotatable bonds is 4. The second-order valence-corrected chi connectivity index (χ2v) is 7.78. The van der Waals surface area contributed by atoms with Crippen LogP contribution in [0, 0.1) is 21.4 Å². The van der Waals surface area contributed by atoms with E-state index >= 15 is 0 Å². The Morgan fingerprint density at radius 2 is 1.86 bits per heavy atom. The molecule has 150 valence electrons. The molecule has 2 heterocycles. The maximum atomic E-state index is 13.2. The number of likely N-dealkylation sites (tertiary alicyclic amines) is 1. The molecule has 28 heavy (non-hydrogen) atoms. The fourth-order valence-electron chi connectivity index (χ4n) is 4.55. The average Bonchev–Trinajstić information content (AvgIpc) is 3.41. The molecule has 2 aliphatic heterocycles. The molecule has 4 rings (SSSR count). The summed E-state index contributed by atoms with van der Waals surface area (Å²) in [6.07, 6.45) is 2.01. The number of carbonyl (C=O) groups excluding carboxylic acids is 1. The summed E-state index contributed by atoms with van der Waals surface area (Å²) in [5.74, 6) is -1.29. The van der Waals surface area contributed by atoms with Crippen LogP contribution in [0.1, 0.15) is 29.6 Å². The fourth-order valence-corrected chi connectivity index (χ4v) is 4.55. The molecule has 0 aromatic heterocycles. The van der Waals surface area contributed by atoms with Crippen LogP contribution in [0.15, 0.2) is 18.2 Å². The minimum Gasteiger partial charge on any atom is -0.481 e. The van der Waals surface area contributed by atoms with Crippen LogP contribution in [0.25, 0.3) is 0 Å². The van der Waals surface area contributed by atoms with Crippen molar-refractivity contribution < 1.29 is 24.4 Å². The van der Waals surface area contributed by atoms with E-state index < -0.39 is 10.9 Å². The molecule has 3 aliphatic rings. The first kappa shape index (κ1) is 18.7. The molecule has 1 spiro atoms. The summed E-state index contributed by atoms with van der Waals surface area (Å²) >= 11 is 0. The second kappa shape index (κ2) is 7.05. The van der Waals surface area contributed by atoms with Crippen molar-refractivity contribution in [3.8, 4) is 0 Å². The maximum Gasteiger partial charge on any atom is 0.307 e. The Balaban J connectivity index is 1.57. The number of hydrogen-bond acceptors (Lipinski definition) is 6. The van der Waals surface area contributed by atoms with Crippen molar-refractivity contribution in [1.82, 2.24) is 4.90 Å². The molecule has 1 aromatic carbocycles. The Morgan fingerprint density at radius 1 is 1.18 bits per heavy atom. The number of nitro groups is 1. The molecule has 1 N–H and O–H groups in total. The lowest BCUT2D eigenvalue weighted by atomic mass is 9.90. The van der Waals surface area contributed by atoms with Gasteiger partial charge in [0.15, 0.2) is 0 Å². The SMILES string of the molecule is O=C(O)C1CC12CCN(C(=O)c1cccc([N+](=O)[O-])c1N1CCOCC1)CC2. The van der Waals surface area contributed by atoms with Crippen LogP contribution in [0.5, 0.6) is 0 Å². The Kier molecular flexibility index (Phi) is 4.70. The van der Waals surface area contributed by atoms with Crippen molar-refractivity contribution in [2.24, 2.45) is 11.3 Å². The molecule has 1 unspecified atom stereocenters. The van der Waals surface area contributed by atoms with Crippen LogP contribution in [-0.4, -0.2) is 66.2 Å². The van der Waals surface area contributed by atoms with E-state index in [2.05, 4.69) is 0 Å². The van der Waals surface area contributed by atoms with Gasteiger partial charge in [-0.25, -0.2) is 0 Å². The molecule has 1 aliphatic carbocycles. The van der Waals surface area contributed by atoms with Crippen molar-refractivity contribution in [3.63, 3.8) is 0 Å². The standard InChI is InChI=1S/C19H23N3O6/c23-17(21-6-4-19(5-7-21)12-14(19)18(24)25)13-2-1-3-15(22(26)27)16(13)20-8-10-28-11-9-20/h1-3,14H,4-12H2,(H,24,25). The number of para-hydroxylation sites is 1. The van der Waals surface area contributed by atoms with Crippen molar-refractivity contribution >= 4 is 23.3 Å². The van der Waals surface area contributed by atoms with Gasteiger partial charge in [-0.15, -0.1) is 0 Å². The lowest BCUT2D eigenvalue weighted by Gasteiger charge is -2.34. The summed E-state index contributed by atoms with van der Waals surface area (Å²) in [6, 6.07) is 4.61. The molecule has 1 amide bonds. The Bertz CT molecular complexity index is 812. The average molecular weight is 389 g/mol. The first-order chi connectivity index (χ1) is 13.4. The van der Waals surface area contributed by atoms with Gasteiger partial charge in [0.1, 0.15) is 5.69 Å². The van der Waals surface area contributed by atoms with Crippen molar-refractivity contribution in [2.45, 2.75) is 19.3 Å². The first-order valence-electron chi connectivity index (χ1n) is 9.55. The van der Waals surface area contributed by atoms with Crippen LogP contribution < -0.4 is 4.90 Å². The number of carboxylic acids is 1. The second-order valence-electron chi connectivity index (χ2n) is 7.78. The lowest BCUT2D eigenvalue weighted by Crippen LogP contribution is -2.42. The van der Waals surface area contributed by atoms with Gasteiger partial charge in [-0.2, -0.15) is 0 Å². The number of amides is 1. The molecule has 1 saturated carbocycles. The summed E-state index contributed by atoms with van der Waals surface area (Å²) in [6.45, 7) is 2.87. The number of ether oxygens (including phenoxy) is 1. The van der Waals surface area contributed by atoms with E-state index in [4.69, 9.17) is 4.74 Å². The van der Waals surface area contributed by atoms with E-state index in [1.807, 2.05) is 4.90 Å². The molecule has 3 fully saturated rings. The number of piperidine rings is 1. The number of aliphatic carboxylic acids is 1. The van der Waals surface area contributed by atoms with Crippen molar-refractivity contribution in [2.75, 3.05) is 44.3 Å². The van der Waals surface area contributed by atoms with E-state index in [0.29, 0.717) is 69.9 Å². The van der Waals surface area contributed by atoms with E-state index in [1.165, 1.54) is 6.07 Å². The fraction of sp³-hybridized carbons (Fsp3) is 0.579. The summed E-state index contributed by atoms with van der Waals surface area (Å²) in [5, 5.41) is 20.8. The van der Waals surface area contributed by atoms with Gasteiger partial charge < -0.3 is 19.6 Å². The lowest BCUT2D eigenvalue weighted by molar-refractivity contribution is -0.384. The van der Waals surface area contributed by atoms with Crippen LogP contribution in [-0.2, 0) is 9.53 Å². The predicted octanol–water partition coefficient (Wildman–Crippen LogP) is 1.76. The molecular weight excluding hydrogens is 366 g/mol. The third-order valence-corrected chi connectivity index (χ3v) is 6.30. The highest BCUT2D eigenvalue weighted by Crippen LogP contribution is 2.59. The highest BCUT2D eigenvalue weighted by molar-refractivity contribution is 6.02. The van der Waals surface area contributed by atoms with Gasteiger partial charge in [0.2, 0.25) is 0 Å². The molecule has 9 nitrogen and oxygen atoms in total. The highest BCUT2D eigenvalue weighted by Gasteiger charge is 2.59. The van der Waals surface area contributed by atoms with Gasteiger partial charge in [0.05, 0.1) is 29.6 Å². The van der Waals surface area contributed by atoms with Crippen LogP contribution in [0.3, 0.4) is 0 Å². The van der Waals surface area contributed by atoms with Gasteiger partial charge >= 0.3 is 5.97 Å². The van der Waals surface area contributed by atoms with E-state index in [1.54, 1.807) is 17.0 Å². The summed E-state index contributed by atoms with van der Waals surface area (Å²) in [4.78, 5) is 39.1. The number of morpholine rings is 1. The van der Waals surface area contributed by atoms with Gasteiger partial charge in [-0.3, -0.25) is 19.7 Å². The molecular formula is C19H23N3O6. The zero-order valence-corrected chi connectivity index (χ0v) is 15.5. The Hall–Kier alpha value is -2.68. The molecule has 1 aromatic rings. The molecule has 0 radical (unpaired) electrons. The van der Waals surface area contributed by atoms with Crippen molar-refractivity contribution in [3.05, 3.63) is 33.9 Å². The number of nitrogens with zero attached hydrogens (tertiary/aromatic N) is 3. The predicted molar refractivity (Wildman–Crippen MR) is 99.4 cm³/mol. The number of anilines is 1. The van der Waals surface area contributed by atoms with E-state index in [-0.39, 0.29) is 22.9 Å². The van der Waals surface area contributed by atoms with E-state index in [9.17, 15) is 24.8 Å². The smallest absolute Gasteiger partial charge is 0.307 e. The highest BCUT2D eigenvalue weighted by atomic mass is 16.6.